The summed E-state index contributed by atoms with van der Waals surface area (Å²) in [5, 5.41) is 26.3. The van der Waals surface area contributed by atoms with Gasteiger partial charge in [0.2, 0.25) is 0 Å². The van der Waals surface area contributed by atoms with Crippen LogP contribution in [0.3, 0.4) is 0 Å². The summed E-state index contributed by atoms with van der Waals surface area (Å²) in [6.45, 7) is 5.33. The van der Waals surface area contributed by atoms with E-state index in [-0.39, 0.29) is 12.4 Å². The zero-order valence-corrected chi connectivity index (χ0v) is 17.8. The summed E-state index contributed by atoms with van der Waals surface area (Å²) in [5.41, 5.74) is 2.86. The first kappa shape index (κ1) is 23.4. The lowest BCUT2D eigenvalue weighted by Crippen LogP contribution is -2.33. The van der Waals surface area contributed by atoms with Crippen LogP contribution in [-0.2, 0) is 6.42 Å². The third-order valence-corrected chi connectivity index (χ3v) is 5.22. The molecular weight excluding hydrogens is 386 g/mol. The van der Waals surface area contributed by atoms with Crippen molar-refractivity contribution in [2.24, 2.45) is 0 Å². The number of aliphatic hydroxyl groups excluding tert-OH is 1. The second-order valence-corrected chi connectivity index (χ2v) is 7.42. The Bertz CT molecular complexity index is 704. The molecule has 0 saturated carbocycles. The lowest BCUT2D eigenvalue weighted by atomic mass is 9.97. The molecular formula is C19H28ClN3O3S. The Kier molecular flexibility index (Phi) is 9.81. The fourth-order valence-electron chi connectivity index (χ4n) is 2.75. The number of ether oxygens (including phenoxy) is 2. The standard InChI is InChI=1S/C19H27N3O3S.ClH/c1-12(2)22-10-14(23)11-26-18(9-20)19-15-8-17(25-4)16(24-3)7-13(15)5-6-21-19;/h7-8,12,14,21-23H,5-6,10-11H2,1-4H3;1H. The number of aliphatic hydroxyl groups is 1. The van der Waals surface area contributed by atoms with Gasteiger partial charge in [-0.15, -0.1) is 24.2 Å². The normalized spacial score (nSPS) is 15.7. The van der Waals surface area contributed by atoms with E-state index in [9.17, 15) is 10.4 Å². The highest BCUT2D eigenvalue weighted by molar-refractivity contribution is 8.03. The number of nitrogens with zero attached hydrogens (tertiary/aromatic N) is 1. The summed E-state index contributed by atoms with van der Waals surface area (Å²) in [7, 11) is 3.22. The van der Waals surface area contributed by atoms with Crippen LogP contribution in [0.5, 0.6) is 11.5 Å². The molecule has 1 aromatic rings. The Hall–Kier alpha value is -1.59. The minimum atomic E-state index is -0.514. The first-order valence-corrected chi connectivity index (χ1v) is 9.66. The second kappa shape index (κ2) is 11.3. The van der Waals surface area contributed by atoms with Crippen molar-refractivity contribution in [3.8, 4) is 17.6 Å². The molecule has 1 aliphatic heterocycles. The van der Waals surface area contributed by atoms with Gasteiger partial charge in [-0.05, 0) is 24.1 Å². The number of nitrogens with one attached hydrogen (secondary N) is 2. The first-order valence-electron chi connectivity index (χ1n) is 8.67. The van der Waals surface area contributed by atoms with Gasteiger partial charge in [0.15, 0.2) is 11.5 Å². The summed E-state index contributed by atoms with van der Waals surface area (Å²) in [6, 6.07) is 6.47. The van der Waals surface area contributed by atoms with Crippen molar-refractivity contribution < 1.29 is 14.6 Å². The molecule has 1 aromatic carbocycles. The molecule has 0 amide bonds. The predicted molar refractivity (Wildman–Crippen MR) is 113 cm³/mol. The van der Waals surface area contributed by atoms with E-state index in [0.29, 0.717) is 34.7 Å². The maximum Gasteiger partial charge on any atom is 0.161 e. The number of thioether (sulfide) groups is 1. The van der Waals surface area contributed by atoms with Gasteiger partial charge in [0.1, 0.15) is 11.0 Å². The number of fused-ring (bicyclic) bond motifs is 1. The number of hydrogen-bond donors (Lipinski definition) is 3. The zero-order chi connectivity index (χ0) is 19.1. The lowest BCUT2D eigenvalue weighted by molar-refractivity contribution is 0.192. The van der Waals surface area contributed by atoms with Crippen LogP contribution < -0.4 is 20.1 Å². The molecule has 0 aromatic heterocycles. The van der Waals surface area contributed by atoms with Crippen molar-refractivity contribution >= 4 is 29.9 Å². The lowest BCUT2D eigenvalue weighted by Gasteiger charge is -2.24. The highest BCUT2D eigenvalue weighted by atomic mass is 35.5. The number of nitriles is 1. The largest absolute Gasteiger partial charge is 0.493 e. The molecule has 3 N–H and O–H groups in total. The van der Waals surface area contributed by atoms with Crippen LogP contribution in [0.1, 0.15) is 25.0 Å². The van der Waals surface area contributed by atoms with Crippen LogP contribution in [0.25, 0.3) is 5.70 Å². The van der Waals surface area contributed by atoms with Gasteiger partial charge in [-0.3, -0.25) is 0 Å². The van der Waals surface area contributed by atoms with Gasteiger partial charge in [0.25, 0.3) is 0 Å². The molecule has 8 heteroatoms. The number of hydrogen-bond acceptors (Lipinski definition) is 7. The molecule has 1 unspecified atom stereocenters. The summed E-state index contributed by atoms with van der Waals surface area (Å²) in [5.74, 6) is 1.78. The Balaban J connectivity index is 0.00000364. The minimum Gasteiger partial charge on any atom is -0.493 e. The number of benzene rings is 1. The average molecular weight is 414 g/mol. The van der Waals surface area contributed by atoms with Gasteiger partial charge in [0.05, 0.1) is 26.0 Å². The molecule has 0 fully saturated rings. The zero-order valence-electron chi connectivity index (χ0n) is 16.2. The van der Waals surface area contributed by atoms with Crippen LogP contribution in [0.15, 0.2) is 17.0 Å². The maximum absolute atomic E-state index is 10.1. The minimum absolute atomic E-state index is 0. The molecule has 0 saturated heterocycles. The Morgan fingerprint density at radius 1 is 1.33 bits per heavy atom. The highest BCUT2D eigenvalue weighted by Gasteiger charge is 2.21. The highest BCUT2D eigenvalue weighted by Crippen LogP contribution is 2.37. The molecule has 150 valence electrons. The molecule has 1 heterocycles. The molecule has 0 aliphatic carbocycles. The van der Waals surface area contributed by atoms with E-state index in [1.54, 1.807) is 14.2 Å². The third-order valence-electron chi connectivity index (χ3n) is 4.09. The monoisotopic (exact) mass is 413 g/mol. The van der Waals surface area contributed by atoms with E-state index in [1.165, 1.54) is 11.8 Å². The SMILES string of the molecule is COc1cc2c(cc1OC)C(=C(C#N)SCC(O)CNC(C)C)NCC2.Cl. The van der Waals surface area contributed by atoms with Crippen molar-refractivity contribution in [3.63, 3.8) is 0 Å². The van der Waals surface area contributed by atoms with E-state index < -0.39 is 6.10 Å². The average Bonchev–Trinajstić information content (AvgIpc) is 2.65. The third kappa shape index (κ3) is 6.22. The fraction of sp³-hybridized carbons (Fsp3) is 0.526. The molecule has 0 bridgehead atoms. The number of allylic oxidation sites excluding steroid dienone is 1. The van der Waals surface area contributed by atoms with Crippen molar-refractivity contribution in [1.29, 1.82) is 5.26 Å². The predicted octanol–water partition coefficient (Wildman–Crippen LogP) is 2.56. The summed E-state index contributed by atoms with van der Waals surface area (Å²) >= 11 is 1.37. The molecule has 2 rings (SSSR count). The van der Waals surface area contributed by atoms with Crippen molar-refractivity contribution in [3.05, 3.63) is 28.2 Å². The van der Waals surface area contributed by atoms with Crippen molar-refractivity contribution in [2.75, 3.05) is 33.1 Å². The van der Waals surface area contributed by atoms with Crippen molar-refractivity contribution in [2.45, 2.75) is 32.4 Å². The summed E-state index contributed by atoms with van der Waals surface area (Å²) in [4.78, 5) is 0.571. The molecule has 0 radical (unpaired) electrons. The molecule has 27 heavy (non-hydrogen) atoms. The Morgan fingerprint density at radius 2 is 2.00 bits per heavy atom. The molecule has 1 atom stereocenters. The van der Waals surface area contributed by atoms with E-state index >= 15 is 0 Å². The summed E-state index contributed by atoms with van der Waals surface area (Å²) in [6.07, 6.45) is 0.337. The van der Waals surface area contributed by atoms with Crippen LogP contribution in [0.2, 0.25) is 0 Å². The molecule has 0 spiro atoms. The van der Waals surface area contributed by atoms with Crippen LogP contribution in [0, 0.1) is 11.3 Å². The van der Waals surface area contributed by atoms with E-state index in [4.69, 9.17) is 9.47 Å². The van der Waals surface area contributed by atoms with E-state index in [0.717, 1.165) is 29.8 Å². The topological polar surface area (TPSA) is 86.5 Å². The summed E-state index contributed by atoms with van der Waals surface area (Å²) < 4.78 is 10.8. The Morgan fingerprint density at radius 3 is 2.59 bits per heavy atom. The fourth-order valence-corrected chi connectivity index (χ4v) is 3.62. The van der Waals surface area contributed by atoms with Crippen LogP contribution in [-0.4, -0.2) is 50.3 Å². The quantitative estimate of drug-likeness (QED) is 0.564. The number of rotatable bonds is 8. The van der Waals surface area contributed by atoms with Gasteiger partial charge in [-0.2, -0.15) is 5.26 Å². The van der Waals surface area contributed by atoms with Crippen LogP contribution >= 0.6 is 24.2 Å². The first-order chi connectivity index (χ1) is 12.5. The smallest absolute Gasteiger partial charge is 0.161 e. The van der Waals surface area contributed by atoms with Gasteiger partial charge >= 0.3 is 0 Å². The maximum atomic E-state index is 10.1. The molecule has 6 nitrogen and oxygen atoms in total. The second-order valence-electron chi connectivity index (χ2n) is 6.38. The van der Waals surface area contributed by atoms with E-state index in [2.05, 4.69) is 16.7 Å². The number of methoxy groups -OCH3 is 2. The van der Waals surface area contributed by atoms with Gasteiger partial charge < -0.3 is 25.2 Å². The van der Waals surface area contributed by atoms with E-state index in [1.807, 2.05) is 26.0 Å². The Labute approximate surface area is 171 Å². The van der Waals surface area contributed by atoms with Gasteiger partial charge in [0, 0.05) is 30.4 Å². The number of halogens is 1. The van der Waals surface area contributed by atoms with Crippen molar-refractivity contribution in [1.82, 2.24) is 10.6 Å². The van der Waals surface area contributed by atoms with Gasteiger partial charge in [-0.1, -0.05) is 13.8 Å². The van der Waals surface area contributed by atoms with Crippen LogP contribution in [0.4, 0.5) is 0 Å². The van der Waals surface area contributed by atoms with Gasteiger partial charge in [-0.25, -0.2) is 0 Å². The molecule has 1 aliphatic rings.